The fourth-order valence-corrected chi connectivity index (χ4v) is 3.85. The number of rotatable bonds is 6. The van der Waals surface area contributed by atoms with Crippen molar-refractivity contribution in [1.29, 1.82) is 0 Å². The van der Waals surface area contributed by atoms with Crippen molar-refractivity contribution in [1.82, 2.24) is 5.32 Å². The van der Waals surface area contributed by atoms with Crippen LogP contribution in [0, 0.1) is 5.92 Å². The summed E-state index contributed by atoms with van der Waals surface area (Å²) in [6.45, 7) is -1.57. The van der Waals surface area contributed by atoms with E-state index in [9.17, 15) is 13.6 Å². The quantitative estimate of drug-likeness (QED) is 0.733. The molecule has 3 atom stereocenters. The minimum Gasteiger partial charge on any atom is -0.433 e. The average molecular weight is 426 g/mol. The van der Waals surface area contributed by atoms with Crippen LogP contribution in [-0.2, 0) is 4.79 Å². The van der Waals surface area contributed by atoms with Gasteiger partial charge >= 0.3 is 6.61 Å². The third kappa shape index (κ3) is 6.36. The lowest BCUT2D eigenvalue weighted by atomic mass is 9.99. The number of carbonyl (C=O) groups is 1. The van der Waals surface area contributed by atoms with E-state index in [0.29, 0.717) is 25.2 Å². The van der Waals surface area contributed by atoms with Crippen molar-refractivity contribution < 1.29 is 18.3 Å². The molecule has 2 aliphatic rings. The van der Waals surface area contributed by atoms with E-state index < -0.39 is 6.61 Å². The van der Waals surface area contributed by atoms with Gasteiger partial charge in [-0.3, -0.25) is 4.79 Å². The lowest BCUT2D eigenvalue weighted by Crippen LogP contribution is -2.39. The van der Waals surface area contributed by atoms with Gasteiger partial charge in [-0.15, -0.1) is 24.8 Å². The summed E-state index contributed by atoms with van der Waals surface area (Å²) in [6, 6.07) is 6.91. The number of para-hydroxylation sites is 2. The molecule has 1 saturated heterocycles. The standard InChI is InChI=1S/C18H25F2N3O2.2ClH/c19-18(20)25-16-7-2-1-6-15(16)23-9-8-13(11-23)22-17(24)10-12-4-3-5-14(12)21;;/h1-2,6-7,12-14,18H,3-5,8-11,21H2,(H,22,24);2*1H/t12-,13?,14+;;/m0../s1. The number of anilines is 1. The van der Waals surface area contributed by atoms with E-state index in [-0.39, 0.29) is 54.5 Å². The molecule has 154 valence electrons. The number of nitrogens with two attached hydrogens (primary N) is 1. The highest BCUT2D eigenvalue weighted by molar-refractivity contribution is 5.85. The zero-order valence-corrected chi connectivity index (χ0v) is 16.6. The van der Waals surface area contributed by atoms with Crippen molar-refractivity contribution >= 4 is 36.4 Å². The second kappa shape index (κ2) is 10.9. The number of nitrogens with zero attached hydrogens (tertiary/aromatic N) is 1. The van der Waals surface area contributed by atoms with E-state index >= 15 is 0 Å². The van der Waals surface area contributed by atoms with Gasteiger partial charge in [-0.25, -0.2) is 0 Å². The first-order valence-electron chi connectivity index (χ1n) is 8.86. The molecule has 27 heavy (non-hydrogen) atoms. The van der Waals surface area contributed by atoms with E-state index in [2.05, 4.69) is 10.1 Å². The molecule has 1 aromatic carbocycles. The first-order chi connectivity index (χ1) is 12.0. The van der Waals surface area contributed by atoms with Gasteiger partial charge in [0.25, 0.3) is 0 Å². The zero-order chi connectivity index (χ0) is 17.8. The van der Waals surface area contributed by atoms with Crippen LogP contribution in [0.3, 0.4) is 0 Å². The highest BCUT2D eigenvalue weighted by Gasteiger charge is 2.29. The Morgan fingerprint density at radius 3 is 2.67 bits per heavy atom. The van der Waals surface area contributed by atoms with Gasteiger partial charge in [0.05, 0.1) is 5.69 Å². The van der Waals surface area contributed by atoms with Crippen LogP contribution in [-0.4, -0.2) is 37.7 Å². The van der Waals surface area contributed by atoms with Crippen LogP contribution >= 0.6 is 24.8 Å². The fraction of sp³-hybridized carbons (Fsp3) is 0.611. The molecule has 0 radical (unpaired) electrons. The number of halogens is 4. The van der Waals surface area contributed by atoms with Gasteiger partial charge in [-0.1, -0.05) is 18.6 Å². The summed E-state index contributed by atoms with van der Waals surface area (Å²) in [6.07, 6.45) is 4.37. The molecule has 1 amide bonds. The molecule has 1 unspecified atom stereocenters. The highest BCUT2D eigenvalue weighted by Crippen LogP contribution is 2.32. The second-order valence-corrected chi connectivity index (χ2v) is 6.90. The molecule has 0 aromatic heterocycles. The van der Waals surface area contributed by atoms with E-state index in [1.807, 2.05) is 4.90 Å². The monoisotopic (exact) mass is 425 g/mol. The summed E-state index contributed by atoms with van der Waals surface area (Å²) in [5, 5.41) is 3.06. The largest absolute Gasteiger partial charge is 0.433 e. The Balaban J connectivity index is 0.00000182. The molecule has 0 spiro atoms. The molecular formula is C18H27Cl2F2N3O2. The van der Waals surface area contributed by atoms with Gasteiger partial charge in [0, 0.05) is 31.6 Å². The molecule has 1 saturated carbocycles. The molecule has 2 fully saturated rings. The van der Waals surface area contributed by atoms with Gasteiger partial charge in [-0.05, 0) is 37.3 Å². The molecule has 1 heterocycles. The second-order valence-electron chi connectivity index (χ2n) is 6.90. The molecular weight excluding hydrogens is 399 g/mol. The fourth-order valence-electron chi connectivity index (χ4n) is 3.85. The van der Waals surface area contributed by atoms with Gasteiger partial charge in [0.1, 0.15) is 5.75 Å². The van der Waals surface area contributed by atoms with Gasteiger partial charge in [0.2, 0.25) is 5.91 Å². The van der Waals surface area contributed by atoms with Crippen LogP contribution in [0.2, 0.25) is 0 Å². The molecule has 3 N–H and O–H groups in total. The van der Waals surface area contributed by atoms with Crippen LogP contribution in [0.25, 0.3) is 0 Å². The van der Waals surface area contributed by atoms with E-state index in [0.717, 1.165) is 25.7 Å². The minimum absolute atomic E-state index is 0. The Labute approximate surface area is 170 Å². The first kappa shape index (κ1) is 23.7. The van der Waals surface area contributed by atoms with Crippen molar-refractivity contribution in [2.75, 3.05) is 18.0 Å². The first-order valence-corrected chi connectivity index (χ1v) is 8.86. The van der Waals surface area contributed by atoms with Crippen LogP contribution in [0.1, 0.15) is 32.1 Å². The zero-order valence-electron chi connectivity index (χ0n) is 15.0. The third-order valence-electron chi connectivity index (χ3n) is 5.14. The Morgan fingerprint density at radius 2 is 2.00 bits per heavy atom. The van der Waals surface area contributed by atoms with E-state index in [1.54, 1.807) is 18.2 Å². The molecule has 9 heteroatoms. The highest BCUT2D eigenvalue weighted by atomic mass is 35.5. The Morgan fingerprint density at radius 1 is 1.26 bits per heavy atom. The normalized spacial score (nSPS) is 24.3. The average Bonchev–Trinajstić information content (AvgIpc) is 3.17. The van der Waals surface area contributed by atoms with Gasteiger partial charge < -0.3 is 20.7 Å². The van der Waals surface area contributed by atoms with Crippen LogP contribution in [0.5, 0.6) is 5.75 Å². The van der Waals surface area contributed by atoms with Gasteiger partial charge in [0.15, 0.2) is 0 Å². The number of nitrogens with one attached hydrogen (secondary N) is 1. The predicted molar refractivity (Wildman–Crippen MR) is 106 cm³/mol. The lowest BCUT2D eigenvalue weighted by Gasteiger charge is -2.22. The predicted octanol–water partition coefficient (Wildman–Crippen LogP) is 3.34. The number of hydrogen-bond donors (Lipinski definition) is 2. The van der Waals surface area contributed by atoms with Crippen molar-refractivity contribution in [2.24, 2.45) is 11.7 Å². The number of benzene rings is 1. The van der Waals surface area contributed by atoms with Crippen molar-refractivity contribution in [3.8, 4) is 5.75 Å². The molecule has 1 aromatic rings. The van der Waals surface area contributed by atoms with Crippen molar-refractivity contribution in [3.05, 3.63) is 24.3 Å². The summed E-state index contributed by atoms with van der Waals surface area (Å²) < 4.78 is 29.7. The summed E-state index contributed by atoms with van der Waals surface area (Å²) >= 11 is 0. The number of alkyl halides is 2. The summed E-state index contributed by atoms with van der Waals surface area (Å²) in [5.41, 5.74) is 6.66. The van der Waals surface area contributed by atoms with Crippen LogP contribution in [0.15, 0.2) is 24.3 Å². The number of amides is 1. The van der Waals surface area contributed by atoms with Crippen LogP contribution < -0.4 is 20.7 Å². The molecule has 3 rings (SSSR count). The summed E-state index contributed by atoms with van der Waals surface area (Å²) in [5.74, 6) is 0.477. The van der Waals surface area contributed by atoms with Crippen molar-refractivity contribution in [2.45, 2.75) is 50.8 Å². The van der Waals surface area contributed by atoms with Gasteiger partial charge in [-0.2, -0.15) is 8.78 Å². The Hall–Kier alpha value is -1.31. The number of hydrogen-bond acceptors (Lipinski definition) is 4. The molecule has 1 aliphatic carbocycles. The summed E-state index contributed by atoms with van der Waals surface area (Å²) in [4.78, 5) is 14.2. The van der Waals surface area contributed by atoms with Crippen molar-refractivity contribution in [3.63, 3.8) is 0 Å². The lowest BCUT2D eigenvalue weighted by molar-refractivity contribution is -0.122. The number of carbonyl (C=O) groups excluding carboxylic acids is 1. The molecule has 5 nitrogen and oxygen atoms in total. The maximum atomic E-state index is 12.6. The molecule has 1 aliphatic heterocycles. The maximum absolute atomic E-state index is 12.6. The third-order valence-corrected chi connectivity index (χ3v) is 5.14. The summed E-state index contributed by atoms with van der Waals surface area (Å²) in [7, 11) is 0. The van der Waals surface area contributed by atoms with E-state index in [1.165, 1.54) is 6.07 Å². The topological polar surface area (TPSA) is 67.6 Å². The SMILES string of the molecule is Cl.Cl.N[C@@H]1CCC[C@H]1CC(=O)NC1CCN(c2ccccc2OC(F)F)C1. The number of ether oxygens (including phenoxy) is 1. The Bertz CT molecular complexity index is 610. The molecule has 0 bridgehead atoms. The smallest absolute Gasteiger partial charge is 0.387 e. The van der Waals surface area contributed by atoms with Crippen LogP contribution in [0.4, 0.5) is 14.5 Å². The maximum Gasteiger partial charge on any atom is 0.387 e. The van der Waals surface area contributed by atoms with E-state index in [4.69, 9.17) is 5.73 Å². The minimum atomic E-state index is -2.85. The Kier molecular flexibility index (Phi) is 9.56.